The number of H-pyrrole nitrogens is 1. The molecule has 5 nitrogen and oxygen atoms in total. The molecule has 1 aliphatic rings. The van der Waals surface area contributed by atoms with Crippen LogP contribution in [0.1, 0.15) is 55.6 Å². The van der Waals surface area contributed by atoms with Gasteiger partial charge in [-0.3, -0.25) is 10.1 Å². The molecule has 2 aromatic carbocycles. The number of carbonyl (C=O) groups is 1. The molecule has 4 rings (SSSR count). The first-order chi connectivity index (χ1) is 13.9. The van der Waals surface area contributed by atoms with Crippen molar-refractivity contribution in [1.29, 1.82) is 0 Å². The lowest BCUT2D eigenvalue weighted by atomic mass is 9.80. The summed E-state index contributed by atoms with van der Waals surface area (Å²) in [7, 11) is 1.66. The molecule has 2 atom stereocenters. The fourth-order valence-corrected chi connectivity index (χ4v) is 4.22. The third kappa shape index (κ3) is 3.29. The molecule has 0 radical (unpaired) electrons. The third-order valence-electron chi connectivity index (χ3n) is 6.42. The number of methoxy groups -OCH3 is 1. The Balaban J connectivity index is 1.92. The van der Waals surface area contributed by atoms with Crippen LogP contribution >= 0.6 is 0 Å². The highest BCUT2D eigenvalue weighted by molar-refractivity contribution is 5.87. The van der Waals surface area contributed by atoms with Crippen LogP contribution in [-0.2, 0) is 16.6 Å². The lowest BCUT2D eigenvalue weighted by molar-refractivity contribution is -0.139. The van der Waals surface area contributed by atoms with Gasteiger partial charge in [0.2, 0.25) is 0 Å². The zero-order valence-corrected chi connectivity index (χ0v) is 17.4. The van der Waals surface area contributed by atoms with Gasteiger partial charge in [-0.25, -0.2) is 0 Å². The monoisotopic (exact) mass is 392 g/mol. The summed E-state index contributed by atoms with van der Waals surface area (Å²) < 4.78 is 5.68. The molecule has 29 heavy (non-hydrogen) atoms. The Kier molecular flexibility index (Phi) is 4.87. The number of carboxylic acids is 1. The predicted octanol–water partition coefficient (Wildman–Crippen LogP) is 4.55. The number of fused-ring (bicyclic) bond motifs is 3. The Labute approximate surface area is 171 Å². The summed E-state index contributed by atoms with van der Waals surface area (Å²) in [5.74, 6) is -0.0799. The van der Waals surface area contributed by atoms with Crippen LogP contribution in [0.25, 0.3) is 10.9 Å². The molecule has 1 aliphatic heterocycles. The molecule has 0 fully saturated rings. The van der Waals surface area contributed by atoms with Crippen LogP contribution in [0.15, 0.2) is 42.5 Å². The molecular formula is C24H28N2O3. The fraction of sp³-hybridized carbons (Fsp3) is 0.375. The summed E-state index contributed by atoms with van der Waals surface area (Å²) in [4.78, 5) is 15.5. The van der Waals surface area contributed by atoms with Crippen LogP contribution < -0.4 is 10.1 Å². The molecule has 0 aliphatic carbocycles. The summed E-state index contributed by atoms with van der Waals surface area (Å²) in [5, 5.41) is 14.2. The maximum Gasteiger partial charge on any atom is 0.321 e. The molecule has 2 heterocycles. The smallest absolute Gasteiger partial charge is 0.321 e. The van der Waals surface area contributed by atoms with Crippen molar-refractivity contribution in [2.45, 2.75) is 51.1 Å². The van der Waals surface area contributed by atoms with Crippen molar-refractivity contribution < 1.29 is 14.6 Å². The van der Waals surface area contributed by atoms with E-state index in [1.165, 1.54) is 5.56 Å². The van der Waals surface area contributed by atoms with Gasteiger partial charge in [0.25, 0.3) is 0 Å². The van der Waals surface area contributed by atoms with E-state index in [-0.39, 0.29) is 11.5 Å². The second kappa shape index (κ2) is 7.23. The number of aromatic nitrogens is 1. The average Bonchev–Trinajstić information content (AvgIpc) is 3.11. The molecule has 0 saturated carbocycles. The summed E-state index contributed by atoms with van der Waals surface area (Å²) >= 11 is 0. The average molecular weight is 392 g/mol. The molecule has 152 valence electrons. The minimum absolute atomic E-state index is 0.0190. The van der Waals surface area contributed by atoms with Gasteiger partial charge in [0.05, 0.1) is 13.2 Å². The second-order valence-corrected chi connectivity index (χ2v) is 8.45. The SMILES string of the molecule is CCC(C)(C)c1ccc(OC)c(C2NC(C(=O)O)Cc3c2[nH]c2ccccc32)c1. The third-order valence-corrected chi connectivity index (χ3v) is 6.42. The molecule has 3 aromatic rings. The van der Waals surface area contributed by atoms with Gasteiger partial charge in [0.15, 0.2) is 0 Å². The Hall–Kier alpha value is -2.79. The van der Waals surface area contributed by atoms with Crippen molar-refractivity contribution in [3.05, 3.63) is 64.8 Å². The van der Waals surface area contributed by atoms with Gasteiger partial charge in [-0.2, -0.15) is 0 Å². The molecule has 0 amide bonds. The van der Waals surface area contributed by atoms with Crippen LogP contribution in [0, 0.1) is 0 Å². The van der Waals surface area contributed by atoms with E-state index in [0.29, 0.717) is 6.42 Å². The highest BCUT2D eigenvalue weighted by Gasteiger charge is 2.35. The van der Waals surface area contributed by atoms with E-state index in [9.17, 15) is 9.90 Å². The first kappa shape index (κ1) is 19.5. The Morgan fingerprint density at radius 3 is 2.69 bits per heavy atom. The summed E-state index contributed by atoms with van der Waals surface area (Å²) in [6, 6.07) is 13.4. The minimum atomic E-state index is -0.838. The molecular weight excluding hydrogens is 364 g/mol. The van der Waals surface area contributed by atoms with E-state index in [2.05, 4.69) is 49.3 Å². The van der Waals surface area contributed by atoms with Crippen LogP contribution in [-0.4, -0.2) is 29.2 Å². The zero-order chi connectivity index (χ0) is 20.8. The number of para-hydroxylation sites is 1. The molecule has 0 bridgehead atoms. The molecule has 5 heteroatoms. The quantitative estimate of drug-likeness (QED) is 0.595. The second-order valence-electron chi connectivity index (χ2n) is 8.45. The van der Waals surface area contributed by atoms with Gasteiger partial charge in [0, 0.05) is 28.6 Å². The van der Waals surface area contributed by atoms with Gasteiger partial charge in [-0.1, -0.05) is 45.0 Å². The number of hydrogen-bond acceptors (Lipinski definition) is 3. The number of ether oxygens (including phenoxy) is 1. The molecule has 0 spiro atoms. The number of aromatic amines is 1. The van der Waals surface area contributed by atoms with Gasteiger partial charge in [-0.15, -0.1) is 0 Å². The van der Waals surface area contributed by atoms with Crippen molar-refractivity contribution in [1.82, 2.24) is 10.3 Å². The van der Waals surface area contributed by atoms with Crippen LogP contribution in [0.4, 0.5) is 0 Å². The highest BCUT2D eigenvalue weighted by Crippen LogP contribution is 2.40. The summed E-state index contributed by atoms with van der Waals surface area (Å²) in [6.45, 7) is 6.63. The predicted molar refractivity (Wildman–Crippen MR) is 115 cm³/mol. The summed E-state index contributed by atoms with van der Waals surface area (Å²) in [6.07, 6.45) is 1.46. The van der Waals surface area contributed by atoms with E-state index in [1.54, 1.807) is 7.11 Å². The van der Waals surface area contributed by atoms with Gasteiger partial charge in [-0.05, 0) is 41.2 Å². The largest absolute Gasteiger partial charge is 0.496 e. The Morgan fingerprint density at radius 1 is 1.24 bits per heavy atom. The van der Waals surface area contributed by atoms with Gasteiger partial charge < -0.3 is 14.8 Å². The van der Waals surface area contributed by atoms with E-state index < -0.39 is 12.0 Å². The van der Waals surface area contributed by atoms with Crippen LogP contribution in [0.3, 0.4) is 0 Å². The molecule has 2 unspecified atom stereocenters. The Bertz CT molecular complexity index is 1070. The van der Waals surface area contributed by atoms with E-state index in [4.69, 9.17) is 4.74 Å². The van der Waals surface area contributed by atoms with Crippen molar-refractivity contribution in [2.75, 3.05) is 7.11 Å². The lowest BCUT2D eigenvalue weighted by Gasteiger charge is -2.32. The maximum atomic E-state index is 11.9. The van der Waals surface area contributed by atoms with Crippen molar-refractivity contribution >= 4 is 16.9 Å². The van der Waals surface area contributed by atoms with E-state index in [0.717, 1.165) is 39.9 Å². The highest BCUT2D eigenvalue weighted by atomic mass is 16.5. The number of carboxylic acid groups (broad SMARTS) is 1. The van der Waals surface area contributed by atoms with Gasteiger partial charge in [0.1, 0.15) is 11.8 Å². The number of nitrogens with one attached hydrogen (secondary N) is 2. The first-order valence-corrected chi connectivity index (χ1v) is 10.1. The first-order valence-electron chi connectivity index (χ1n) is 10.1. The zero-order valence-electron chi connectivity index (χ0n) is 17.4. The van der Waals surface area contributed by atoms with Crippen LogP contribution in [0.5, 0.6) is 5.75 Å². The number of benzene rings is 2. The van der Waals surface area contributed by atoms with Gasteiger partial charge >= 0.3 is 5.97 Å². The number of hydrogen-bond donors (Lipinski definition) is 3. The number of rotatable bonds is 5. The Morgan fingerprint density at radius 2 is 2.00 bits per heavy atom. The minimum Gasteiger partial charge on any atom is -0.496 e. The molecule has 0 saturated heterocycles. The van der Waals surface area contributed by atoms with Crippen molar-refractivity contribution in [3.8, 4) is 5.75 Å². The molecule has 3 N–H and O–H groups in total. The van der Waals surface area contributed by atoms with Crippen LogP contribution in [0.2, 0.25) is 0 Å². The standard InChI is InChI=1S/C24H28N2O3/c1-5-24(2,3)14-10-11-20(29-4)17(12-14)22-21-16(13-19(26-22)23(27)28)15-8-6-7-9-18(15)25-21/h6-12,19,22,25-26H,5,13H2,1-4H3,(H,27,28). The normalized spacial score (nSPS) is 19.2. The summed E-state index contributed by atoms with van der Waals surface area (Å²) in [5.41, 5.74) is 5.32. The van der Waals surface area contributed by atoms with Crippen molar-refractivity contribution in [2.24, 2.45) is 0 Å². The molecule has 1 aromatic heterocycles. The van der Waals surface area contributed by atoms with E-state index in [1.807, 2.05) is 24.3 Å². The van der Waals surface area contributed by atoms with Crippen molar-refractivity contribution in [3.63, 3.8) is 0 Å². The topological polar surface area (TPSA) is 74.3 Å². The fourth-order valence-electron chi connectivity index (χ4n) is 4.22. The lowest BCUT2D eigenvalue weighted by Crippen LogP contribution is -2.45. The number of aliphatic carboxylic acids is 1. The maximum absolute atomic E-state index is 11.9. The van der Waals surface area contributed by atoms with E-state index >= 15 is 0 Å².